The molecule has 5 heteroatoms. The minimum absolute atomic E-state index is 0.00802. The monoisotopic (exact) mass is 270 g/mol. The van der Waals surface area contributed by atoms with Crippen molar-refractivity contribution in [1.29, 1.82) is 0 Å². The lowest BCUT2D eigenvalue weighted by Gasteiger charge is -2.25. The van der Waals surface area contributed by atoms with Crippen LogP contribution in [0.5, 0.6) is 5.75 Å². The number of methoxy groups -OCH3 is 1. The first-order chi connectivity index (χ1) is 9.16. The molecule has 1 rings (SSSR count). The molecule has 0 aliphatic rings. The molecule has 1 atom stereocenters. The average Bonchev–Trinajstić information content (AvgIpc) is 2.43. The number of alkyl halides is 1. The van der Waals surface area contributed by atoms with Gasteiger partial charge in [-0.05, 0) is 31.9 Å². The molecule has 0 radical (unpaired) electrons. The molecule has 1 unspecified atom stereocenters. The van der Waals surface area contributed by atoms with Gasteiger partial charge in [-0.1, -0.05) is 6.92 Å². The number of hydrogen-bond acceptors (Lipinski definition) is 4. The number of hydrogen-bond donors (Lipinski definition) is 1. The van der Waals surface area contributed by atoms with Crippen molar-refractivity contribution in [1.82, 2.24) is 4.98 Å². The van der Waals surface area contributed by atoms with Crippen molar-refractivity contribution in [2.45, 2.75) is 31.9 Å². The fraction of sp³-hybridized carbons (Fsp3) is 0.643. The van der Waals surface area contributed by atoms with Crippen molar-refractivity contribution in [3.63, 3.8) is 0 Å². The highest BCUT2D eigenvalue weighted by molar-refractivity contribution is 5.28. The second-order valence-electron chi connectivity index (χ2n) is 4.55. The van der Waals surface area contributed by atoms with Gasteiger partial charge in [0.05, 0.1) is 19.4 Å². The number of aromatic nitrogens is 1. The van der Waals surface area contributed by atoms with Crippen LogP contribution in [0.4, 0.5) is 4.39 Å². The van der Waals surface area contributed by atoms with Crippen LogP contribution in [-0.2, 0) is 10.4 Å². The van der Waals surface area contributed by atoms with Crippen molar-refractivity contribution in [3.8, 4) is 5.75 Å². The van der Waals surface area contributed by atoms with Crippen LogP contribution in [0.2, 0.25) is 0 Å². The number of ether oxygens (including phenoxy) is 2. The van der Waals surface area contributed by atoms with E-state index in [0.717, 1.165) is 6.42 Å². The molecule has 0 aliphatic carbocycles. The summed E-state index contributed by atoms with van der Waals surface area (Å²) in [4.78, 5) is 4.04. The fourth-order valence-corrected chi connectivity index (χ4v) is 1.87. The van der Waals surface area contributed by atoms with E-state index in [9.17, 15) is 4.39 Å². The van der Waals surface area contributed by atoms with Gasteiger partial charge in [-0.25, -0.2) is 4.39 Å². The van der Waals surface area contributed by atoms with Gasteiger partial charge in [0.2, 0.25) is 0 Å². The molecule has 19 heavy (non-hydrogen) atoms. The summed E-state index contributed by atoms with van der Waals surface area (Å²) in [5, 5.41) is 0. The zero-order valence-electron chi connectivity index (χ0n) is 11.7. The number of rotatable bonds is 9. The van der Waals surface area contributed by atoms with E-state index in [4.69, 9.17) is 15.2 Å². The Morgan fingerprint density at radius 3 is 2.84 bits per heavy atom. The summed E-state index contributed by atoms with van der Waals surface area (Å²) < 4.78 is 25.4. The molecular formula is C14H23FN2O2. The van der Waals surface area contributed by atoms with Crippen LogP contribution in [-0.4, -0.2) is 31.9 Å². The average molecular weight is 270 g/mol. The van der Waals surface area contributed by atoms with Gasteiger partial charge in [-0.2, -0.15) is 0 Å². The van der Waals surface area contributed by atoms with Crippen molar-refractivity contribution in [2.75, 3.05) is 26.9 Å². The molecule has 0 spiro atoms. The Balaban J connectivity index is 2.88. The maximum Gasteiger partial charge on any atom is 0.160 e. The van der Waals surface area contributed by atoms with E-state index in [-0.39, 0.29) is 6.61 Å². The molecule has 2 N–H and O–H groups in total. The van der Waals surface area contributed by atoms with Gasteiger partial charge in [-0.15, -0.1) is 0 Å². The summed E-state index contributed by atoms with van der Waals surface area (Å²) in [5.74, 6) is 0.588. The first kappa shape index (κ1) is 15.9. The van der Waals surface area contributed by atoms with Gasteiger partial charge in [0.15, 0.2) is 5.67 Å². The Hall–Kier alpha value is -1.20. The van der Waals surface area contributed by atoms with Crippen LogP contribution in [0.25, 0.3) is 0 Å². The van der Waals surface area contributed by atoms with E-state index in [0.29, 0.717) is 37.3 Å². The SMILES string of the molecule is CCCOc1cncc(C(F)(CCCN)COC)c1. The van der Waals surface area contributed by atoms with E-state index in [1.165, 1.54) is 13.3 Å². The highest BCUT2D eigenvalue weighted by Crippen LogP contribution is 2.32. The molecular weight excluding hydrogens is 247 g/mol. The van der Waals surface area contributed by atoms with Gasteiger partial charge in [0, 0.05) is 18.9 Å². The van der Waals surface area contributed by atoms with Crippen LogP contribution in [0, 0.1) is 0 Å². The van der Waals surface area contributed by atoms with E-state index < -0.39 is 5.67 Å². The van der Waals surface area contributed by atoms with Gasteiger partial charge in [-0.3, -0.25) is 4.98 Å². The summed E-state index contributed by atoms with van der Waals surface area (Å²) in [7, 11) is 1.49. The van der Waals surface area contributed by atoms with Crippen LogP contribution in [0.3, 0.4) is 0 Å². The second-order valence-corrected chi connectivity index (χ2v) is 4.55. The van der Waals surface area contributed by atoms with Crippen molar-refractivity contribution in [3.05, 3.63) is 24.0 Å². The maximum absolute atomic E-state index is 14.9. The Morgan fingerprint density at radius 2 is 2.21 bits per heavy atom. The first-order valence-corrected chi connectivity index (χ1v) is 6.62. The third-order valence-electron chi connectivity index (χ3n) is 2.85. The number of nitrogens with zero attached hydrogens (tertiary/aromatic N) is 1. The maximum atomic E-state index is 14.9. The van der Waals surface area contributed by atoms with Crippen molar-refractivity contribution >= 4 is 0 Å². The lowest BCUT2D eigenvalue weighted by Crippen LogP contribution is -2.27. The van der Waals surface area contributed by atoms with E-state index in [1.807, 2.05) is 6.92 Å². The van der Waals surface area contributed by atoms with E-state index in [2.05, 4.69) is 4.98 Å². The number of nitrogens with two attached hydrogens (primary N) is 1. The second kappa shape index (κ2) is 8.07. The van der Waals surface area contributed by atoms with Crippen LogP contribution >= 0.6 is 0 Å². The summed E-state index contributed by atoms with van der Waals surface area (Å²) in [6.45, 7) is 3.06. The minimum atomic E-state index is -1.56. The molecule has 4 nitrogen and oxygen atoms in total. The molecule has 0 saturated carbocycles. The van der Waals surface area contributed by atoms with Crippen molar-refractivity contribution < 1.29 is 13.9 Å². The largest absolute Gasteiger partial charge is 0.492 e. The van der Waals surface area contributed by atoms with Crippen LogP contribution < -0.4 is 10.5 Å². The van der Waals surface area contributed by atoms with Gasteiger partial charge in [0.25, 0.3) is 0 Å². The highest BCUT2D eigenvalue weighted by Gasteiger charge is 2.32. The lowest BCUT2D eigenvalue weighted by molar-refractivity contribution is 0.0299. The molecule has 1 heterocycles. The smallest absolute Gasteiger partial charge is 0.160 e. The molecule has 0 aromatic carbocycles. The van der Waals surface area contributed by atoms with Crippen LogP contribution in [0.15, 0.2) is 18.5 Å². The van der Waals surface area contributed by atoms with E-state index >= 15 is 0 Å². The normalized spacial score (nSPS) is 14.1. The van der Waals surface area contributed by atoms with E-state index in [1.54, 1.807) is 12.3 Å². The molecule has 108 valence electrons. The lowest BCUT2D eigenvalue weighted by atomic mass is 9.93. The topological polar surface area (TPSA) is 57.4 Å². The molecule has 0 fully saturated rings. The summed E-state index contributed by atoms with van der Waals surface area (Å²) in [6, 6.07) is 1.69. The van der Waals surface area contributed by atoms with Gasteiger partial charge < -0.3 is 15.2 Å². The summed E-state index contributed by atoms with van der Waals surface area (Å²) >= 11 is 0. The number of halogens is 1. The first-order valence-electron chi connectivity index (χ1n) is 6.62. The van der Waals surface area contributed by atoms with Gasteiger partial charge in [0.1, 0.15) is 5.75 Å². The quantitative estimate of drug-likeness (QED) is 0.748. The highest BCUT2D eigenvalue weighted by atomic mass is 19.1. The molecule has 0 amide bonds. The standard InChI is InChI=1S/C14H23FN2O2/c1-3-7-19-13-8-12(9-17-10-13)14(15,11-18-2)5-4-6-16/h8-10H,3-7,11,16H2,1-2H3. The Kier molecular flexibility index (Phi) is 6.73. The van der Waals surface area contributed by atoms with Crippen LogP contribution in [0.1, 0.15) is 31.7 Å². The molecule has 0 aliphatic heterocycles. The predicted molar refractivity (Wildman–Crippen MR) is 73.0 cm³/mol. The predicted octanol–water partition coefficient (Wildman–Crippen LogP) is 2.42. The van der Waals surface area contributed by atoms with Crippen molar-refractivity contribution in [2.24, 2.45) is 5.73 Å². The third kappa shape index (κ3) is 4.76. The van der Waals surface area contributed by atoms with Gasteiger partial charge >= 0.3 is 0 Å². The fourth-order valence-electron chi connectivity index (χ4n) is 1.87. The molecule has 0 saturated heterocycles. The Morgan fingerprint density at radius 1 is 1.42 bits per heavy atom. The number of pyridine rings is 1. The third-order valence-corrected chi connectivity index (χ3v) is 2.85. The molecule has 1 aromatic rings. The Labute approximate surface area is 114 Å². The summed E-state index contributed by atoms with van der Waals surface area (Å²) in [5.41, 5.74) is 4.38. The zero-order valence-corrected chi connectivity index (χ0v) is 11.7. The summed E-state index contributed by atoms with van der Waals surface area (Å²) in [6.07, 6.45) is 4.93. The minimum Gasteiger partial charge on any atom is -0.492 e. The molecule has 0 bridgehead atoms. The zero-order chi connectivity index (χ0) is 14.1. The Bertz CT molecular complexity index is 376. The molecule has 1 aromatic heterocycles.